The molecule has 0 spiro atoms. The van der Waals surface area contributed by atoms with E-state index in [4.69, 9.17) is 4.74 Å². The van der Waals surface area contributed by atoms with E-state index in [-0.39, 0.29) is 0 Å². The fourth-order valence-corrected chi connectivity index (χ4v) is 2.12. The lowest BCUT2D eigenvalue weighted by atomic mass is 9.99. The van der Waals surface area contributed by atoms with Gasteiger partial charge < -0.3 is 10.1 Å². The normalized spacial score (nSPS) is 13.1. The van der Waals surface area contributed by atoms with Crippen LogP contribution in [0, 0.1) is 26.7 Å². The van der Waals surface area contributed by atoms with E-state index in [1.165, 1.54) is 22.3 Å². The first-order valence-electron chi connectivity index (χ1n) is 6.74. The van der Waals surface area contributed by atoms with Gasteiger partial charge in [0.25, 0.3) is 0 Å². The van der Waals surface area contributed by atoms with Crippen molar-refractivity contribution < 1.29 is 4.74 Å². The Morgan fingerprint density at radius 3 is 2.22 bits per heavy atom. The molecule has 0 fully saturated rings. The number of aryl methyl sites for hydroxylation is 3. The van der Waals surface area contributed by atoms with Gasteiger partial charge in [-0.25, -0.2) is 0 Å². The number of nitrogens with one attached hydrogen (secondary N) is 1. The van der Waals surface area contributed by atoms with Gasteiger partial charge in [0.15, 0.2) is 0 Å². The summed E-state index contributed by atoms with van der Waals surface area (Å²) < 4.78 is 5.26. The summed E-state index contributed by atoms with van der Waals surface area (Å²) in [5.41, 5.74) is 5.49. The Bertz CT molecular complexity index is 385. The highest BCUT2D eigenvalue weighted by Gasteiger charge is 2.12. The van der Waals surface area contributed by atoms with Crippen LogP contribution in [-0.4, -0.2) is 19.8 Å². The molecule has 0 bridgehead atoms. The molecule has 2 nitrogen and oxygen atoms in total. The molecule has 0 aliphatic heterocycles. The highest BCUT2D eigenvalue weighted by atomic mass is 16.5. The third-order valence-electron chi connectivity index (χ3n) is 3.66. The van der Waals surface area contributed by atoms with Crippen LogP contribution in [0.1, 0.15) is 36.1 Å². The molecule has 102 valence electrons. The zero-order valence-electron chi connectivity index (χ0n) is 12.6. The van der Waals surface area contributed by atoms with Crippen molar-refractivity contribution in [1.29, 1.82) is 0 Å². The van der Waals surface area contributed by atoms with Crippen LogP contribution in [0.3, 0.4) is 0 Å². The van der Waals surface area contributed by atoms with Gasteiger partial charge in [0.1, 0.15) is 0 Å². The molecule has 1 aromatic carbocycles. The molecule has 1 unspecified atom stereocenters. The second-order valence-electron chi connectivity index (χ2n) is 5.55. The zero-order valence-corrected chi connectivity index (χ0v) is 12.6. The van der Waals surface area contributed by atoms with E-state index in [1.807, 2.05) is 0 Å². The first-order chi connectivity index (χ1) is 8.45. The Morgan fingerprint density at radius 2 is 1.67 bits per heavy atom. The summed E-state index contributed by atoms with van der Waals surface area (Å²) in [4.78, 5) is 0. The third-order valence-corrected chi connectivity index (χ3v) is 3.66. The Balaban J connectivity index is 2.70. The first-order valence-corrected chi connectivity index (χ1v) is 6.74. The molecule has 0 aromatic heterocycles. The molecular weight excluding hydrogens is 222 g/mol. The Hall–Kier alpha value is -0.860. The van der Waals surface area contributed by atoms with Gasteiger partial charge in [0.05, 0.1) is 6.61 Å². The van der Waals surface area contributed by atoms with Crippen molar-refractivity contribution >= 4 is 0 Å². The largest absolute Gasteiger partial charge is 0.383 e. The lowest BCUT2D eigenvalue weighted by molar-refractivity contribution is 0.146. The molecule has 0 radical (unpaired) electrons. The average molecular weight is 249 g/mol. The Morgan fingerprint density at radius 1 is 1.06 bits per heavy atom. The minimum atomic E-state index is 0.413. The summed E-state index contributed by atoms with van der Waals surface area (Å²) in [6.07, 6.45) is 0. The molecule has 0 saturated heterocycles. The third kappa shape index (κ3) is 4.11. The molecule has 0 saturated carbocycles. The van der Waals surface area contributed by atoms with Crippen LogP contribution in [0.4, 0.5) is 0 Å². The summed E-state index contributed by atoms with van der Waals surface area (Å²) in [5.74, 6) is 0.580. The smallest absolute Gasteiger partial charge is 0.0618 e. The maximum Gasteiger partial charge on any atom is 0.0618 e. The van der Waals surface area contributed by atoms with Gasteiger partial charge >= 0.3 is 0 Å². The van der Waals surface area contributed by atoms with Gasteiger partial charge in [0, 0.05) is 19.7 Å². The maximum absolute atomic E-state index is 5.26. The van der Waals surface area contributed by atoms with E-state index in [1.54, 1.807) is 7.11 Å². The van der Waals surface area contributed by atoms with Gasteiger partial charge in [-0.1, -0.05) is 26.0 Å². The summed E-state index contributed by atoms with van der Waals surface area (Å²) in [7, 11) is 1.76. The first kappa shape index (κ1) is 15.2. The second-order valence-corrected chi connectivity index (χ2v) is 5.55. The SMILES string of the molecule is COCC(NCc1cc(C)c(C)cc1C)C(C)C. The lowest BCUT2D eigenvalue weighted by Gasteiger charge is -2.22. The van der Waals surface area contributed by atoms with Crippen LogP contribution in [0.5, 0.6) is 0 Å². The van der Waals surface area contributed by atoms with Crippen LogP contribution < -0.4 is 5.32 Å². The van der Waals surface area contributed by atoms with Crippen LogP contribution >= 0.6 is 0 Å². The number of hydrogen-bond donors (Lipinski definition) is 1. The molecule has 1 rings (SSSR count). The van der Waals surface area contributed by atoms with Crippen molar-refractivity contribution in [3.8, 4) is 0 Å². The van der Waals surface area contributed by atoms with Crippen molar-refractivity contribution in [1.82, 2.24) is 5.32 Å². The van der Waals surface area contributed by atoms with Crippen molar-refractivity contribution in [3.05, 3.63) is 34.4 Å². The minimum Gasteiger partial charge on any atom is -0.383 e. The molecule has 1 N–H and O–H groups in total. The minimum absolute atomic E-state index is 0.413. The van der Waals surface area contributed by atoms with Crippen LogP contribution in [0.15, 0.2) is 12.1 Å². The lowest BCUT2D eigenvalue weighted by Crippen LogP contribution is -2.37. The molecular formula is C16H27NO. The Labute approximate surface area is 112 Å². The fraction of sp³-hybridized carbons (Fsp3) is 0.625. The predicted octanol–water partition coefficient (Wildman–Crippen LogP) is 3.37. The van der Waals surface area contributed by atoms with E-state index in [0.29, 0.717) is 12.0 Å². The summed E-state index contributed by atoms with van der Waals surface area (Å²) >= 11 is 0. The summed E-state index contributed by atoms with van der Waals surface area (Å²) in [6, 6.07) is 4.98. The van der Waals surface area contributed by atoms with E-state index < -0.39 is 0 Å². The molecule has 0 heterocycles. The van der Waals surface area contributed by atoms with E-state index in [0.717, 1.165) is 13.2 Å². The van der Waals surface area contributed by atoms with E-state index in [2.05, 4.69) is 52.1 Å². The molecule has 18 heavy (non-hydrogen) atoms. The van der Waals surface area contributed by atoms with Crippen molar-refractivity contribution in [2.75, 3.05) is 13.7 Å². The predicted molar refractivity (Wildman–Crippen MR) is 78.0 cm³/mol. The summed E-state index contributed by atoms with van der Waals surface area (Å²) in [5, 5.41) is 3.60. The maximum atomic E-state index is 5.26. The molecule has 0 amide bonds. The van der Waals surface area contributed by atoms with Gasteiger partial charge in [0.2, 0.25) is 0 Å². The zero-order chi connectivity index (χ0) is 13.7. The van der Waals surface area contributed by atoms with Crippen molar-refractivity contribution in [3.63, 3.8) is 0 Å². The van der Waals surface area contributed by atoms with Crippen molar-refractivity contribution in [2.24, 2.45) is 5.92 Å². The standard InChI is InChI=1S/C16H27NO/c1-11(2)16(10-18-6)17-9-15-8-13(4)12(3)7-14(15)5/h7-8,11,16-17H,9-10H2,1-6H3. The molecule has 1 atom stereocenters. The molecule has 0 aliphatic rings. The second kappa shape index (κ2) is 6.91. The van der Waals surface area contributed by atoms with Crippen LogP contribution in [0.2, 0.25) is 0 Å². The average Bonchev–Trinajstić information content (AvgIpc) is 2.30. The molecule has 0 aliphatic carbocycles. The number of ether oxygens (including phenoxy) is 1. The van der Waals surface area contributed by atoms with Gasteiger partial charge in [-0.3, -0.25) is 0 Å². The number of methoxy groups -OCH3 is 1. The van der Waals surface area contributed by atoms with Crippen LogP contribution in [0.25, 0.3) is 0 Å². The van der Waals surface area contributed by atoms with E-state index in [9.17, 15) is 0 Å². The van der Waals surface area contributed by atoms with Gasteiger partial charge in [-0.2, -0.15) is 0 Å². The summed E-state index contributed by atoms with van der Waals surface area (Å²) in [6.45, 7) is 12.7. The highest BCUT2D eigenvalue weighted by molar-refractivity contribution is 5.36. The quantitative estimate of drug-likeness (QED) is 0.834. The topological polar surface area (TPSA) is 21.3 Å². The molecule has 1 aromatic rings. The van der Waals surface area contributed by atoms with Gasteiger partial charge in [-0.15, -0.1) is 0 Å². The fourth-order valence-electron chi connectivity index (χ4n) is 2.12. The number of benzene rings is 1. The monoisotopic (exact) mass is 249 g/mol. The molecule has 2 heteroatoms. The highest BCUT2D eigenvalue weighted by Crippen LogP contribution is 2.15. The van der Waals surface area contributed by atoms with E-state index >= 15 is 0 Å². The number of hydrogen-bond acceptors (Lipinski definition) is 2. The van der Waals surface area contributed by atoms with Crippen molar-refractivity contribution in [2.45, 2.75) is 47.2 Å². The van der Waals surface area contributed by atoms with Crippen LogP contribution in [-0.2, 0) is 11.3 Å². The Kier molecular flexibility index (Phi) is 5.83. The van der Waals surface area contributed by atoms with Gasteiger partial charge in [-0.05, 0) is 48.9 Å². The number of rotatable bonds is 6.